The molecule has 0 saturated heterocycles. The highest BCUT2D eigenvalue weighted by molar-refractivity contribution is 8.24. The highest BCUT2D eigenvalue weighted by atomic mass is 32.2. The van der Waals surface area contributed by atoms with Crippen molar-refractivity contribution in [3.8, 4) is 0 Å². The molecule has 0 N–H and O–H groups in total. The highest BCUT2D eigenvalue weighted by Crippen LogP contribution is 2.44. The van der Waals surface area contributed by atoms with Gasteiger partial charge in [-0.3, -0.25) is 0 Å². The smallest absolute Gasteiger partial charge is 0.136 e. The predicted octanol–water partition coefficient (Wildman–Crippen LogP) is 9.07. The van der Waals surface area contributed by atoms with Crippen molar-refractivity contribution in [2.45, 2.75) is 91.7 Å². The van der Waals surface area contributed by atoms with Crippen LogP contribution in [-0.4, -0.2) is 57.1 Å². The maximum absolute atomic E-state index is 5.70. The predicted molar refractivity (Wildman–Crippen MR) is 169 cm³/mol. The molecule has 2 nitrogen and oxygen atoms in total. The summed E-state index contributed by atoms with van der Waals surface area (Å²) in [6, 6.07) is 0. The van der Waals surface area contributed by atoms with Gasteiger partial charge in [0.25, 0.3) is 0 Å². The number of thiocarbonyl (C=S) groups is 2. The molecule has 6 heteroatoms. The Bertz CT molecular complexity index is 698. The molecule has 0 spiro atoms. The number of hydrogen-bond donors (Lipinski definition) is 0. The zero-order valence-electron chi connectivity index (χ0n) is 24.0. The van der Waals surface area contributed by atoms with Gasteiger partial charge in [0.15, 0.2) is 0 Å². The molecule has 0 bridgehead atoms. The van der Waals surface area contributed by atoms with Crippen LogP contribution in [0, 0.1) is 16.7 Å². The standard InChI is InChI=1S/C28H52N2S4/c1-21(23(27(6,7)8)20-26(3,4)5)16-14-18-28(9,34-25(32)30(12)13)22(2)17-15-19-33-24(31)29(10)11/h23H,1-2,14-20H2,3-13H3. The average molecular weight is 545 g/mol. The Morgan fingerprint density at radius 3 is 1.79 bits per heavy atom. The lowest BCUT2D eigenvalue weighted by molar-refractivity contribution is 0.192. The lowest BCUT2D eigenvalue weighted by Gasteiger charge is -2.38. The average Bonchev–Trinajstić information content (AvgIpc) is 2.67. The molecule has 2 atom stereocenters. The molecule has 0 amide bonds. The van der Waals surface area contributed by atoms with Crippen LogP contribution < -0.4 is 0 Å². The second-order valence-corrected chi connectivity index (χ2v) is 16.3. The molecule has 0 aromatic carbocycles. The van der Waals surface area contributed by atoms with Crippen molar-refractivity contribution >= 4 is 56.6 Å². The first-order valence-corrected chi connectivity index (χ1v) is 15.0. The van der Waals surface area contributed by atoms with Crippen LogP contribution in [0.25, 0.3) is 0 Å². The minimum Gasteiger partial charge on any atom is -0.364 e. The quantitative estimate of drug-likeness (QED) is 0.136. The Kier molecular flexibility index (Phi) is 14.6. The summed E-state index contributed by atoms with van der Waals surface area (Å²) < 4.78 is 1.79. The van der Waals surface area contributed by atoms with Crippen LogP contribution in [-0.2, 0) is 0 Å². The van der Waals surface area contributed by atoms with Crippen LogP contribution in [0.5, 0.6) is 0 Å². The van der Waals surface area contributed by atoms with Crippen molar-refractivity contribution in [2.75, 3.05) is 33.9 Å². The van der Waals surface area contributed by atoms with Crippen LogP contribution >= 0.6 is 48.0 Å². The lowest BCUT2D eigenvalue weighted by Crippen LogP contribution is -2.30. The largest absolute Gasteiger partial charge is 0.364 e. The van der Waals surface area contributed by atoms with E-state index >= 15 is 0 Å². The summed E-state index contributed by atoms with van der Waals surface area (Å²) in [6.45, 7) is 25.5. The fourth-order valence-corrected chi connectivity index (χ4v) is 6.51. The van der Waals surface area contributed by atoms with Crippen molar-refractivity contribution in [1.29, 1.82) is 0 Å². The van der Waals surface area contributed by atoms with Gasteiger partial charge in [-0.2, -0.15) is 0 Å². The van der Waals surface area contributed by atoms with Gasteiger partial charge < -0.3 is 9.80 Å². The second-order valence-electron chi connectivity index (χ2n) is 12.4. The van der Waals surface area contributed by atoms with E-state index in [1.807, 2.05) is 38.0 Å². The topological polar surface area (TPSA) is 6.48 Å². The molecule has 2 unspecified atom stereocenters. The summed E-state index contributed by atoms with van der Waals surface area (Å²) >= 11 is 14.7. The molecule has 0 aliphatic carbocycles. The van der Waals surface area contributed by atoms with Crippen LogP contribution in [0.15, 0.2) is 24.3 Å². The van der Waals surface area contributed by atoms with Crippen molar-refractivity contribution < 1.29 is 0 Å². The fourth-order valence-electron chi connectivity index (χ4n) is 3.92. The third-order valence-corrected chi connectivity index (χ3v) is 10.1. The van der Waals surface area contributed by atoms with Gasteiger partial charge in [-0.05, 0) is 62.2 Å². The van der Waals surface area contributed by atoms with Crippen molar-refractivity contribution in [2.24, 2.45) is 16.7 Å². The van der Waals surface area contributed by atoms with Gasteiger partial charge in [0.05, 0.1) is 0 Å². The van der Waals surface area contributed by atoms with E-state index in [2.05, 4.69) is 61.6 Å². The summed E-state index contributed by atoms with van der Waals surface area (Å²) in [5.41, 5.74) is 3.20. The molecule has 0 rings (SSSR count). The Balaban J connectivity index is 5.23. The summed E-state index contributed by atoms with van der Waals surface area (Å²) in [5, 5.41) is 0. The zero-order valence-corrected chi connectivity index (χ0v) is 27.2. The third kappa shape index (κ3) is 13.3. The molecular formula is C28H52N2S4. The van der Waals surface area contributed by atoms with Gasteiger partial charge >= 0.3 is 0 Å². The molecule has 0 aliphatic heterocycles. The van der Waals surface area contributed by atoms with Crippen LogP contribution in [0.1, 0.15) is 87.0 Å². The molecular weight excluding hydrogens is 493 g/mol. The Labute approximate surface area is 232 Å². The molecule has 0 aromatic rings. The number of thioether (sulfide) groups is 2. The van der Waals surface area contributed by atoms with E-state index in [1.54, 1.807) is 23.5 Å². The van der Waals surface area contributed by atoms with Crippen LogP contribution in [0.4, 0.5) is 0 Å². The van der Waals surface area contributed by atoms with Gasteiger partial charge in [0, 0.05) is 38.7 Å². The lowest BCUT2D eigenvalue weighted by atomic mass is 9.68. The van der Waals surface area contributed by atoms with Crippen molar-refractivity contribution in [1.82, 2.24) is 9.80 Å². The summed E-state index contributed by atoms with van der Waals surface area (Å²) in [7, 11) is 8.06. The first-order valence-electron chi connectivity index (χ1n) is 12.4. The highest BCUT2D eigenvalue weighted by Gasteiger charge is 2.33. The van der Waals surface area contributed by atoms with Gasteiger partial charge in [-0.15, -0.1) is 0 Å². The summed E-state index contributed by atoms with van der Waals surface area (Å²) in [6.07, 6.45) is 6.46. The number of allylic oxidation sites excluding steroid dienone is 1. The first kappa shape index (κ1) is 34.0. The molecule has 0 fully saturated rings. The summed E-state index contributed by atoms with van der Waals surface area (Å²) in [4.78, 5) is 4.04. The molecule has 0 saturated carbocycles. The summed E-state index contributed by atoms with van der Waals surface area (Å²) in [5.74, 6) is 1.54. The van der Waals surface area contributed by atoms with E-state index in [0.717, 1.165) is 46.5 Å². The van der Waals surface area contributed by atoms with Crippen molar-refractivity contribution in [3.63, 3.8) is 0 Å². The monoisotopic (exact) mass is 544 g/mol. The normalized spacial score (nSPS) is 14.8. The van der Waals surface area contributed by atoms with Crippen LogP contribution in [0.3, 0.4) is 0 Å². The van der Waals surface area contributed by atoms with E-state index in [0.29, 0.717) is 11.3 Å². The van der Waals surface area contributed by atoms with Gasteiger partial charge in [0.1, 0.15) is 8.64 Å². The second kappa shape index (κ2) is 14.6. The third-order valence-electron chi connectivity index (χ3n) is 6.15. The molecule has 0 heterocycles. The molecule has 0 aliphatic rings. The maximum Gasteiger partial charge on any atom is 0.136 e. The van der Waals surface area contributed by atoms with E-state index in [9.17, 15) is 0 Å². The number of rotatable bonds is 12. The molecule has 0 radical (unpaired) electrons. The van der Waals surface area contributed by atoms with Gasteiger partial charge in [0.2, 0.25) is 0 Å². The van der Waals surface area contributed by atoms with Crippen LogP contribution in [0.2, 0.25) is 0 Å². The molecule has 34 heavy (non-hydrogen) atoms. The Morgan fingerprint density at radius 2 is 1.35 bits per heavy atom. The van der Waals surface area contributed by atoms with E-state index in [-0.39, 0.29) is 10.2 Å². The van der Waals surface area contributed by atoms with E-state index < -0.39 is 0 Å². The maximum atomic E-state index is 5.70. The minimum atomic E-state index is -0.0738. The molecule has 198 valence electrons. The Hall–Kier alpha value is -0.0400. The van der Waals surface area contributed by atoms with Gasteiger partial charge in [-0.1, -0.05) is 114 Å². The van der Waals surface area contributed by atoms with Gasteiger partial charge in [-0.25, -0.2) is 0 Å². The first-order chi connectivity index (χ1) is 15.3. The van der Waals surface area contributed by atoms with Crippen molar-refractivity contribution in [3.05, 3.63) is 24.3 Å². The number of nitrogens with zero attached hydrogens (tertiary/aromatic N) is 2. The van der Waals surface area contributed by atoms with E-state index in [4.69, 9.17) is 24.4 Å². The number of hydrogen-bond acceptors (Lipinski definition) is 4. The fraction of sp³-hybridized carbons (Fsp3) is 0.786. The zero-order chi connectivity index (χ0) is 26.9. The Morgan fingerprint density at radius 1 is 0.824 bits per heavy atom. The molecule has 0 aromatic heterocycles. The van der Waals surface area contributed by atoms with E-state index in [1.165, 1.54) is 17.6 Å². The minimum absolute atomic E-state index is 0.0738. The SMILES string of the molecule is C=C(CCCC(C)(SC(=S)N(C)C)C(=C)CCCSC(=S)N(C)C)C(CC(C)(C)C)C(C)(C)C.